The Kier molecular flexibility index (Phi) is 6.03. The zero-order chi connectivity index (χ0) is 15.2. The summed E-state index contributed by atoms with van der Waals surface area (Å²) in [4.78, 5) is 0. The predicted octanol–water partition coefficient (Wildman–Crippen LogP) is 2.06. The summed E-state index contributed by atoms with van der Waals surface area (Å²) in [5, 5.41) is 13.3. The van der Waals surface area contributed by atoms with Crippen LogP contribution in [0.2, 0.25) is 0 Å². The Balaban J connectivity index is 1.67. The fourth-order valence-corrected chi connectivity index (χ4v) is 2.59. The van der Waals surface area contributed by atoms with E-state index in [1.54, 1.807) is 0 Å². The highest BCUT2D eigenvalue weighted by molar-refractivity contribution is 5.35. The van der Waals surface area contributed by atoms with Crippen LogP contribution in [0, 0.1) is 19.8 Å². The molecular formula is C17H27NO3. The predicted molar refractivity (Wildman–Crippen MR) is 83.8 cm³/mol. The van der Waals surface area contributed by atoms with Gasteiger partial charge in [-0.3, -0.25) is 0 Å². The van der Waals surface area contributed by atoms with E-state index in [0.717, 1.165) is 30.9 Å². The summed E-state index contributed by atoms with van der Waals surface area (Å²) >= 11 is 0. The molecule has 1 saturated heterocycles. The second kappa shape index (κ2) is 7.78. The Morgan fingerprint density at radius 2 is 2.24 bits per heavy atom. The molecule has 1 aliphatic heterocycles. The van der Waals surface area contributed by atoms with E-state index in [9.17, 15) is 5.11 Å². The van der Waals surface area contributed by atoms with Crippen LogP contribution < -0.4 is 10.1 Å². The van der Waals surface area contributed by atoms with Gasteiger partial charge < -0.3 is 19.9 Å². The lowest BCUT2D eigenvalue weighted by molar-refractivity contribution is 0.0944. The first-order valence-electron chi connectivity index (χ1n) is 7.76. The lowest BCUT2D eigenvalue weighted by Crippen LogP contribution is -2.35. The maximum Gasteiger partial charge on any atom is 0.122 e. The maximum absolute atomic E-state index is 9.99. The van der Waals surface area contributed by atoms with Crippen molar-refractivity contribution in [3.05, 3.63) is 29.3 Å². The van der Waals surface area contributed by atoms with Gasteiger partial charge in [0.25, 0.3) is 0 Å². The molecule has 1 aliphatic rings. The third-order valence-corrected chi connectivity index (χ3v) is 4.09. The van der Waals surface area contributed by atoms with E-state index >= 15 is 0 Å². The number of aliphatic hydroxyl groups is 1. The van der Waals surface area contributed by atoms with Crippen LogP contribution in [0.25, 0.3) is 0 Å². The Morgan fingerprint density at radius 3 is 2.95 bits per heavy atom. The van der Waals surface area contributed by atoms with Gasteiger partial charge in [0.1, 0.15) is 18.5 Å². The number of nitrogens with one attached hydrogen (secondary N) is 1. The van der Waals surface area contributed by atoms with Gasteiger partial charge >= 0.3 is 0 Å². The van der Waals surface area contributed by atoms with Gasteiger partial charge in [0.2, 0.25) is 0 Å². The molecule has 1 fully saturated rings. The summed E-state index contributed by atoms with van der Waals surface area (Å²) in [5.74, 6) is 1.41. The van der Waals surface area contributed by atoms with Crippen molar-refractivity contribution in [1.82, 2.24) is 5.32 Å². The Hall–Kier alpha value is -1.10. The fraction of sp³-hybridized carbons (Fsp3) is 0.647. The fourth-order valence-electron chi connectivity index (χ4n) is 2.59. The molecule has 1 heterocycles. The zero-order valence-corrected chi connectivity index (χ0v) is 13.3. The largest absolute Gasteiger partial charge is 0.491 e. The first-order valence-corrected chi connectivity index (χ1v) is 7.76. The van der Waals surface area contributed by atoms with Gasteiger partial charge in [-0.1, -0.05) is 12.1 Å². The summed E-state index contributed by atoms with van der Waals surface area (Å²) in [7, 11) is 0. The molecule has 0 saturated carbocycles. The maximum atomic E-state index is 9.99. The number of rotatable bonds is 7. The van der Waals surface area contributed by atoms with Gasteiger partial charge in [0, 0.05) is 19.7 Å². The van der Waals surface area contributed by atoms with E-state index < -0.39 is 6.10 Å². The van der Waals surface area contributed by atoms with E-state index in [-0.39, 0.29) is 0 Å². The van der Waals surface area contributed by atoms with Crippen LogP contribution in [0.15, 0.2) is 18.2 Å². The van der Waals surface area contributed by atoms with Crippen LogP contribution in [0.5, 0.6) is 5.75 Å². The highest BCUT2D eigenvalue weighted by atomic mass is 16.5. The Bertz CT molecular complexity index is 450. The smallest absolute Gasteiger partial charge is 0.122 e. The number of benzene rings is 1. The van der Waals surface area contributed by atoms with Crippen molar-refractivity contribution in [2.45, 2.75) is 39.4 Å². The van der Waals surface area contributed by atoms with Crippen LogP contribution in [0.1, 0.15) is 24.5 Å². The molecular weight excluding hydrogens is 266 g/mol. The summed E-state index contributed by atoms with van der Waals surface area (Å²) in [5.41, 5.74) is 2.26. The first-order chi connectivity index (χ1) is 10.1. The monoisotopic (exact) mass is 293 g/mol. The van der Waals surface area contributed by atoms with Crippen molar-refractivity contribution in [1.29, 1.82) is 0 Å². The van der Waals surface area contributed by atoms with E-state index in [0.29, 0.717) is 25.2 Å². The van der Waals surface area contributed by atoms with Crippen molar-refractivity contribution < 1.29 is 14.6 Å². The Morgan fingerprint density at radius 1 is 1.43 bits per heavy atom. The van der Waals surface area contributed by atoms with Gasteiger partial charge in [0.15, 0.2) is 0 Å². The lowest BCUT2D eigenvalue weighted by Gasteiger charge is -2.18. The highest BCUT2D eigenvalue weighted by Crippen LogP contribution is 2.20. The molecule has 0 amide bonds. The molecule has 0 radical (unpaired) electrons. The molecule has 118 valence electrons. The molecule has 2 N–H and O–H groups in total. The molecule has 21 heavy (non-hydrogen) atoms. The van der Waals surface area contributed by atoms with Crippen LogP contribution >= 0.6 is 0 Å². The van der Waals surface area contributed by atoms with Crippen LogP contribution in [0.3, 0.4) is 0 Å². The van der Waals surface area contributed by atoms with Gasteiger partial charge in [0.05, 0.1) is 6.10 Å². The number of aliphatic hydroxyl groups excluding tert-OH is 1. The quantitative estimate of drug-likeness (QED) is 0.808. The van der Waals surface area contributed by atoms with E-state index in [4.69, 9.17) is 9.47 Å². The topological polar surface area (TPSA) is 50.7 Å². The minimum absolute atomic E-state index is 0.314. The normalized spacial score (nSPS) is 23.2. The average molecular weight is 293 g/mol. The van der Waals surface area contributed by atoms with Crippen LogP contribution in [-0.4, -0.2) is 43.6 Å². The zero-order valence-electron chi connectivity index (χ0n) is 13.3. The molecule has 0 aromatic heterocycles. The molecule has 2 rings (SSSR count). The van der Waals surface area contributed by atoms with Crippen LogP contribution in [0.4, 0.5) is 0 Å². The minimum atomic E-state index is -0.498. The van der Waals surface area contributed by atoms with E-state index in [1.807, 2.05) is 26.0 Å². The standard InChI is InChI=1S/C17H27NO3/c1-12-4-5-13(2)17(8-12)21-11-16(19)10-18-9-15-6-7-20-14(15)3/h4-5,8,14-16,18-19H,6-7,9-11H2,1-3H3. The third-order valence-electron chi connectivity index (χ3n) is 4.09. The summed E-state index contributed by atoms with van der Waals surface area (Å²) < 4.78 is 11.2. The van der Waals surface area contributed by atoms with Crippen molar-refractivity contribution in [2.75, 3.05) is 26.3 Å². The Labute approximate surface area is 127 Å². The molecule has 0 aliphatic carbocycles. The number of ether oxygens (including phenoxy) is 2. The molecule has 4 nitrogen and oxygen atoms in total. The van der Waals surface area contributed by atoms with Gasteiger partial charge in [-0.05, 0) is 50.3 Å². The second-order valence-electron chi connectivity index (χ2n) is 6.02. The number of hydrogen-bond donors (Lipinski definition) is 2. The van der Waals surface area contributed by atoms with Gasteiger partial charge in [-0.15, -0.1) is 0 Å². The third kappa shape index (κ3) is 4.99. The SMILES string of the molecule is Cc1ccc(C)c(OCC(O)CNCC2CCOC2C)c1. The van der Waals surface area contributed by atoms with Crippen LogP contribution in [-0.2, 0) is 4.74 Å². The summed E-state index contributed by atoms with van der Waals surface area (Å²) in [6.07, 6.45) is 0.923. The molecule has 4 heteroatoms. The number of aryl methyl sites for hydroxylation is 2. The number of hydrogen-bond acceptors (Lipinski definition) is 4. The van der Waals surface area contributed by atoms with Crippen molar-refractivity contribution in [3.8, 4) is 5.75 Å². The van der Waals surface area contributed by atoms with E-state index in [2.05, 4.69) is 18.3 Å². The van der Waals surface area contributed by atoms with E-state index in [1.165, 1.54) is 5.56 Å². The molecule has 0 bridgehead atoms. The average Bonchev–Trinajstić information content (AvgIpc) is 2.85. The molecule has 3 unspecified atom stereocenters. The van der Waals surface area contributed by atoms with Crippen molar-refractivity contribution in [2.24, 2.45) is 5.92 Å². The summed E-state index contributed by atoms with van der Waals surface area (Å²) in [6, 6.07) is 6.11. The minimum Gasteiger partial charge on any atom is -0.491 e. The molecule has 1 aromatic rings. The lowest BCUT2D eigenvalue weighted by atomic mass is 10.0. The van der Waals surface area contributed by atoms with Crippen molar-refractivity contribution >= 4 is 0 Å². The highest BCUT2D eigenvalue weighted by Gasteiger charge is 2.23. The van der Waals surface area contributed by atoms with Gasteiger partial charge in [-0.2, -0.15) is 0 Å². The molecule has 3 atom stereocenters. The van der Waals surface area contributed by atoms with Gasteiger partial charge in [-0.25, -0.2) is 0 Å². The summed E-state index contributed by atoms with van der Waals surface area (Å²) in [6.45, 7) is 8.77. The molecule has 0 spiro atoms. The second-order valence-corrected chi connectivity index (χ2v) is 6.02. The molecule has 1 aromatic carbocycles. The van der Waals surface area contributed by atoms with Crippen molar-refractivity contribution in [3.63, 3.8) is 0 Å². The first kappa shape index (κ1) is 16.3.